The van der Waals surface area contributed by atoms with Gasteiger partial charge >= 0.3 is 5.97 Å². The molecule has 1 aliphatic carbocycles. The Labute approximate surface area is 96.8 Å². The maximum atomic E-state index is 11.3. The SMILES string of the molecule is CCOC(=O)CC1CCC(C(N)C#N)CC1. The minimum atomic E-state index is -0.344. The van der Waals surface area contributed by atoms with E-state index in [1.807, 2.05) is 6.92 Å². The van der Waals surface area contributed by atoms with Crippen molar-refractivity contribution in [2.45, 2.75) is 45.1 Å². The molecule has 1 fully saturated rings. The number of hydrogen-bond donors (Lipinski definition) is 1. The summed E-state index contributed by atoms with van der Waals surface area (Å²) in [5, 5.41) is 8.72. The Hall–Kier alpha value is -1.08. The van der Waals surface area contributed by atoms with Crippen molar-refractivity contribution in [3.05, 3.63) is 0 Å². The first-order valence-electron chi connectivity index (χ1n) is 5.98. The fourth-order valence-corrected chi connectivity index (χ4v) is 2.31. The zero-order valence-corrected chi connectivity index (χ0v) is 9.82. The van der Waals surface area contributed by atoms with E-state index in [0.717, 1.165) is 25.7 Å². The minimum Gasteiger partial charge on any atom is -0.466 e. The Kier molecular flexibility index (Phi) is 5.27. The molecule has 16 heavy (non-hydrogen) atoms. The Morgan fingerprint density at radius 3 is 2.62 bits per heavy atom. The van der Waals surface area contributed by atoms with Gasteiger partial charge in [-0.3, -0.25) is 4.79 Å². The molecule has 1 saturated carbocycles. The van der Waals surface area contributed by atoms with Gasteiger partial charge in [-0.1, -0.05) is 0 Å². The van der Waals surface area contributed by atoms with Crippen LogP contribution in [0.4, 0.5) is 0 Å². The Morgan fingerprint density at radius 1 is 1.50 bits per heavy atom. The number of nitriles is 1. The van der Waals surface area contributed by atoms with E-state index in [4.69, 9.17) is 15.7 Å². The Balaban J connectivity index is 2.27. The monoisotopic (exact) mass is 224 g/mol. The maximum absolute atomic E-state index is 11.3. The van der Waals surface area contributed by atoms with Crippen LogP contribution in [0.2, 0.25) is 0 Å². The molecular formula is C12H20N2O2. The lowest BCUT2D eigenvalue weighted by atomic mass is 9.78. The predicted molar refractivity (Wildman–Crippen MR) is 60.3 cm³/mol. The summed E-state index contributed by atoms with van der Waals surface area (Å²) in [6.45, 7) is 2.27. The van der Waals surface area contributed by atoms with Gasteiger partial charge in [0.1, 0.15) is 0 Å². The number of carbonyl (C=O) groups is 1. The van der Waals surface area contributed by atoms with Crippen LogP contribution in [0.15, 0.2) is 0 Å². The Bertz CT molecular complexity index is 265. The summed E-state index contributed by atoms with van der Waals surface area (Å²) in [6.07, 6.45) is 4.40. The summed E-state index contributed by atoms with van der Waals surface area (Å²) in [4.78, 5) is 11.3. The standard InChI is InChI=1S/C12H20N2O2/c1-2-16-12(15)7-9-3-5-10(6-4-9)11(14)8-13/h9-11H,2-7,14H2,1H3. The van der Waals surface area contributed by atoms with E-state index in [9.17, 15) is 4.79 Å². The third-order valence-corrected chi connectivity index (χ3v) is 3.31. The molecule has 90 valence electrons. The van der Waals surface area contributed by atoms with Crippen molar-refractivity contribution in [2.75, 3.05) is 6.61 Å². The van der Waals surface area contributed by atoms with Gasteiger partial charge < -0.3 is 10.5 Å². The molecular weight excluding hydrogens is 204 g/mol. The topological polar surface area (TPSA) is 76.1 Å². The van der Waals surface area contributed by atoms with Gasteiger partial charge in [0.15, 0.2) is 0 Å². The molecule has 0 aromatic heterocycles. The molecule has 0 aliphatic heterocycles. The van der Waals surface area contributed by atoms with Gasteiger partial charge in [-0.2, -0.15) is 5.26 Å². The summed E-state index contributed by atoms with van der Waals surface area (Å²) in [7, 11) is 0. The van der Waals surface area contributed by atoms with Crippen LogP contribution in [0.1, 0.15) is 39.0 Å². The maximum Gasteiger partial charge on any atom is 0.306 e. The minimum absolute atomic E-state index is 0.101. The molecule has 1 aliphatic rings. The molecule has 0 amide bonds. The average molecular weight is 224 g/mol. The van der Waals surface area contributed by atoms with Gasteiger partial charge in [0.2, 0.25) is 0 Å². The van der Waals surface area contributed by atoms with Crippen LogP contribution in [0.3, 0.4) is 0 Å². The summed E-state index contributed by atoms with van der Waals surface area (Å²) in [5.41, 5.74) is 5.69. The summed E-state index contributed by atoms with van der Waals surface area (Å²) in [5.74, 6) is 0.625. The van der Waals surface area contributed by atoms with Gasteiger partial charge in [0, 0.05) is 6.42 Å². The number of nitrogens with two attached hydrogens (primary N) is 1. The van der Waals surface area contributed by atoms with Gasteiger partial charge in [-0.15, -0.1) is 0 Å². The largest absolute Gasteiger partial charge is 0.466 e. The molecule has 0 aromatic rings. The Morgan fingerprint density at radius 2 is 2.12 bits per heavy atom. The van der Waals surface area contributed by atoms with Crippen LogP contribution in [0.25, 0.3) is 0 Å². The number of carbonyl (C=O) groups excluding carboxylic acids is 1. The van der Waals surface area contributed by atoms with Gasteiger partial charge in [0.25, 0.3) is 0 Å². The van der Waals surface area contributed by atoms with Crippen molar-refractivity contribution in [3.63, 3.8) is 0 Å². The second-order valence-corrected chi connectivity index (χ2v) is 4.44. The molecule has 4 heteroatoms. The average Bonchev–Trinajstić information content (AvgIpc) is 2.29. The fourth-order valence-electron chi connectivity index (χ4n) is 2.31. The van der Waals surface area contributed by atoms with Gasteiger partial charge in [0.05, 0.1) is 18.7 Å². The highest BCUT2D eigenvalue weighted by atomic mass is 16.5. The van der Waals surface area contributed by atoms with E-state index >= 15 is 0 Å². The highest BCUT2D eigenvalue weighted by molar-refractivity contribution is 5.69. The molecule has 1 unspecified atom stereocenters. The number of esters is 1. The highest BCUT2D eigenvalue weighted by Gasteiger charge is 2.26. The molecule has 0 spiro atoms. The van der Waals surface area contributed by atoms with Crippen molar-refractivity contribution in [3.8, 4) is 6.07 Å². The van der Waals surface area contributed by atoms with Crippen LogP contribution < -0.4 is 5.73 Å². The molecule has 1 rings (SSSR count). The number of hydrogen-bond acceptors (Lipinski definition) is 4. The first-order chi connectivity index (χ1) is 7.67. The van der Waals surface area contributed by atoms with Crippen LogP contribution in [-0.4, -0.2) is 18.6 Å². The molecule has 0 aromatic carbocycles. The number of rotatable bonds is 4. The van der Waals surface area contributed by atoms with Gasteiger partial charge in [-0.25, -0.2) is 0 Å². The van der Waals surface area contributed by atoms with Crippen molar-refractivity contribution >= 4 is 5.97 Å². The van der Waals surface area contributed by atoms with E-state index in [0.29, 0.717) is 24.9 Å². The summed E-state index contributed by atoms with van der Waals surface area (Å²) >= 11 is 0. The lowest BCUT2D eigenvalue weighted by Gasteiger charge is -2.28. The molecule has 2 N–H and O–H groups in total. The van der Waals surface area contributed by atoms with Crippen molar-refractivity contribution in [2.24, 2.45) is 17.6 Å². The second kappa shape index (κ2) is 6.49. The predicted octanol–water partition coefficient (Wildman–Crippen LogP) is 1.60. The van der Waals surface area contributed by atoms with E-state index in [1.165, 1.54) is 0 Å². The first-order valence-corrected chi connectivity index (χ1v) is 5.98. The van der Waals surface area contributed by atoms with Crippen LogP contribution in [0.5, 0.6) is 0 Å². The summed E-state index contributed by atoms with van der Waals surface area (Å²) < 4.78 is 4.92. The lowest BCUT2D eigenvalue weighted by molar-refractivity contribution is -0.144. The zero-order valence-electron chi connectivity index (χ0n) is 9.82. The zero-order chi connectivity index (χ0) is 12.0. The van der Waals surface area contributed by atoms with E-state index in [1.54, 1.807) is 0 Å². The van der Waals surface area contributed by atoms with Crippen molar-refractivity contribution < 1.29 is 9.53 Å². The van der Waals surface area contributed by atoms with Crippen LogP contribution in [0, 0.1) is 23.2 Å². The number of ether oxygens (including phenoxy) is 1. The van der Waals surface area contributed by atoms with E-state index in [-0.39, 0.29) is 12.0 Å². The molecule has 4 nitrogen and oxygen atoms in total. The molecule has 0 saturated heterocycles. The number of nitrogens with zero attached hydrogens (tertiary/aromatic N) is 1. The van der Waals surface area contributed by atoms with Crippen LogP contribution in [-0.2, 0) is 9.53 Å². The quantitative estimate of drug-likeness (QED) is 0.736. The third-order valence-electron chi connectivity index (χ3n) is 3.31. The first kappa shape index (κ1) is 13.0. The van der Waals surface area contributed by atoms with Crippen molar-refractivity contribution in [1.29, 1.82) is 5.26 Å². The van der Waals surface area contributed by atoms with E-state index in [2.05, 4.69) is 6.07 Å². The molecule has 0 heterocycles. The third kappa shape index (κ3) is 3.82. The smallest absolute Gasteiger partial charge is 0.306 e. The highest BCUT2D eigenvalue weighted by Crippen LogP contribution is 2.32. The van der Waals surface area contributed by atoms with E-state index < -0.39 is 0 Å². The second-order valence-electron chi connectivity index (χ2n) is 4.44. The molecule has 0 radical (unpaired) electrons. The van der Waals surface area contributed by atoms with Crippen molar-refractivity contribution in [1.82, 2.24) is 0 Å². The molecule has 1 atom stereocenters. The fraction of sp³-hybridized carbons (Fsp3) is 0.833. The normalized spacial score (nSPS) is 26.8. The summed E-state index contributed by atoms with van der Waals surface area (Å²) in [6, 6.07) is 1.75. The molecule has 0 bridgehead atoms. The van der Waals surface area contributed by atoms with Crippen LogP contribution >= 0.6 is 0 Å². The van der Waals surface area contributed by atoms with Gasteiger partial charge in [-0.05, 0) is 44.4 Å². The lowest BCUT2D eigenvalue weighted by Crippen LogP contribution is -2.32.